The van der Waals surface area contributed by atoms with Crippen molar-refractivity contribution in [3.05, 3.63) is 0 Å². The normalized spacial score (nSPS) is 36.9. The Bertz CT molecular complexity index is 863. The van der Waals surface area contributed by atoms with E-state index in [1.807, 2.05) is 0 Å². The zero-order valence-corrected chi connectivity index (χ0v) is 28.9. The van der Waals surface area contributed by atoms with E-state index in [-0.39, 0.29) is 24.1 Å². The van der Waals surface area contributed by atoms with E-state index in [9.17, 15) is 14.5 Å². The summed E-state index contributed by atoms with van der Waals surface area (Å²) in [6.07, 6.45) is 15.6. The molecule has 0 radical (unpaired) electrons. The molecular formula is C34H66NO6P. The van der Waals surface area contributed by atoms with E-state index in [0.29, 0.717) is 65.7 Å². The first kappa shape index (κ1) is 37.7. The summed E-state index contributed by atoms with van der Waals surface area (Å²) in [4.78, 5) is 30.5. The van der Waals surface area contributed by atoms with E-state index in [2.05, 4.69) is 39.9 Å². The maximum Gasteiger partial charge on any atom is 0.325 e. The monoisotopic (exact) mass is 615 g/mol. The second-order valence-corrected chi connectivity index (χ2v) is 16.6. The lowest BCUT2D eigenvalue weighted by Gasteiger charge is -2.62. The van der Waals surface area contributed by atoms with Crippen molar-refractivity contribution >= 4 is 13.5 Å². The number of carbonyl (C=O) groups is 1. The molecule has 7 nitrogen and oxygen atoms in total. The summed E-state index contributed by atoms with van der Waals surface area (Å²) in [6, 6.07) is 0. The highest BCUT2D eigenvalue weighted by molar-refractivity contribution is 7.51. The molecule has 248 valence electrons. The lowest BCUT2D eigenvalue weighted by molar-refractivity contribution is -0.164. The Labute approximate surface area is 257 Å². The molecule has 4 aliphatic rings. The number of fused-ring (bicyclic) bond motifs is 5. The van der Waals surface area contributed by atoms with Gasteiger partial charge in [-0.1, -0.05) is 67.2 Å². The van der Waals surface area contributed by atoms with Crippen LogP contribution in [0.3, 0.4) is 0 Å². The number of aliphatic hydroxyl groups excluding tert-OH is 2. The number of nitrogens with one attached hydrogen (secondary N) is 1. The molecule has 4 saturated carbocycles. The summed E-state index contributed by atoms with van der Waals surface area (Å²) in [5.74, 6) is 3.49. The molecule has 5 N–H and O–H groups in total. The van der Waals surface area contributed by atoms with Crippen LogP contribution in [0.1, 0.15) is 131 Å². The van der Waals surface area contributed by atoms with Gasteiger partial charge in [-0.15, -0.1) is 0 Å². The van der Waals surface area contributed by atoms with Crippen LogP contribution in [-0.4, -0.2) is 51.8 Å². The fraction of sp³-hybridized carbons (Fsp3) is 0.971. The minimum atomic E-state index is -4.02. The van der Waals surface area contributed by atoms with Gasteiger partial charge in [-0.05, 0) is 110 Å². The van der Waals surface area contributed by atoms with Crippen molar-refractivity contribution in [2.24, 2.45) is 52.3 Å². The summed E-state index contributed by atoms with van der Waals surface area (Å²) in [7, 11) is -3.02. The molecule has 10 atom stereocenters. The Morgan fingerprint density at radius 3 is 2.19 bits per heavy atom. The van der Waals surface area contributed by atoms with Crippen molar-refractivity contribution in [3.63, 3.8) is 0 Å². The lowest BCUT2D eigenvalue weighted by Crippen LogP contribution is -2.57. The molecule has 4 aliphatic carbocycles. The molecule has 4 fully saturated rings. The highest BCUT2D eigenvalue weighted by atomic mass is 31.2. The van der Waals surface area contributed by atoms with Crippen molar-refractivity contribution in [2.75, 3.05) is 19.8 Å². The van der Waals surface area contributed by atoms with E-state index in [0.717, 1.165) is 20.0 Å². The summed E-state index contributed by atoms with van der Waals surface area (Å²) in [6.45, 7) is 14.3. The molecular weight excluding hydrogens is 549 g/mol. The second-order valence-electron chi connectivity index (χ2n) is 14.9. The predicted octanol–water partition coefficient (Wildman–Crippen LogP) is 7.16. The van der Waals surface area contributed by atoms with Gasteiger partial charge in [0.15, 0.2) is 0 Å². The molecule has 42 heavy (non-hydrogen) atoms. The molecule has 0 aromatic carbocycles. The molecule has 0 saturated heterocycles. The van der Waals surface area contributed by atoms with Crippen LogP contribution < -0.4 is 5.32 Å². The van der Waals surface area contributed by atoms with Crippen LogP contribution in [-0.2, 0) is 9.36 Å². The van der Waals surface area contributed by atoms with Crippen LogP contribution in [0.2, 0.25) is 0 Å². The van der Waals surface area contributed by atoms with Crippen molar-refractivity contribution in [2.45, 2.75) is 138 Å². The van der Waals surface area contributed by atoms with E-state index < -0.39 is 7.60 Å². The molecule has 4 rings (SSSR count). The van der Waals surface area contributed by atoms with Crippen molar-refractivity contribution in [1.29, 1.82) is 0 Å². The van der Waals surface area contributed by atoms with Gasteiger partial charge >= 0.3 is 7.60 Å². The maximum atomic E-state index is 12.3. The number of aliphatic hydroxyl groups is 2. The zero-order valence-electron chi connectivity index (χ0n) is 28.0. The van der Waals surface area contributed by atoms with E-state index >= 15 is 0 Å². The fourth-order valence-electron chi connectivity index (χ4n) is 9.83. The molecule has 0 aliphatic heterocycles. The average molecular weight is 616 g/mol. The van der Waals surface area contributed by atoms with Crippen molar-refractivity contribution < 1.29 is 29.4 Å². The van der Waals surface area contributed by atoms with Gasteiger partial charge in [0.1, 0.15) is 0 Å². The lowest BCUT2D eigenvalue weighted by atomic mass is 9.44. The summed E-state index contributed by atoms with van der Waals surface area (Å²) in [5.41, 5.74) is 0.724. The van der Waals surface area contributed by atoms with Gasteiger partial charge in [-0.3, -0.25) is 9.36 Å². The van der Waals surface area contributed by atoms with Crippen molar-refractivity contribution in [1.82, 2.24) is 5.32 Å². The highest BCUT2D eigenvalue weighted by Gasteiger charge is 2.62. The van der Waals surface area contributed by atoms with E-state index in [1.54, 1.807) is 6.92 Å². The van der Waals surface area contributed by atoms with E-state index in [4.69, 9.17) is 14.9 Å². The molecule has 8 heteroatoms. The Kier molecular flexibility index (Phi) is 15.0. The van der Waals surface area contributed by atoms with Gasteiger partial charge in [-0.25, -0.2) is 0 Å². The SMILES string of the molecule is CC(CCC(=O)NCC[C@@H](C)C1CCC2C3C(O)CC4CCCCC4(C)C3CCC21C)CP(=O)(O)O.CCCC.CO. The molecule has 0 spiro atoms. The minimum Gasteiger partial charge on any atom is -0.400 e. The molecule has 0 heterocycles. The minimum absolute atomic E-state index is 0.0172. The Hall–Kier alpha value is -0.460. The number of unbranched alkanes of at least 4 members (excludes halogenated alkanes) is 1. The third-order valence-electron chi connectivity index (χ3n) is 12.2. The van der Waals surface area contributed by atoms with Gasteiger partial charge in [0.2, 0.25) is 5.91 Å². The smallest absolute Gasteiger partial charge is 0.325 e. The first-order valence-electron chi connectivity index (χ1n) is 17.2. The van der Waals surface area contributed by atoms with Crippen LogP contribution in [0.15, 0.2) is 0 Å². The molecule has 0 aromatic heterocycles. The molecule has 1 amide bonds. The largest absolute Gasteiger partial charge is 0.400 e. The first-order valence-corrected chi connectivity index (χ1v) is 19.0. The Balaban J connectivity index is 0.000000947. The molecule has 0 aromatic rings. The predicted molar refractivity (Wildman–Crippen MR) is 172 cm³/mol. The molecule has 0 bridgehead atoms. The quantitative estimate of drug-likeness (QED) is 0.166. The van der Waals surface area contributed by atoms with E-state index in [1.165, 1.54) is 64.2 Å². The summed E-state index contributed by atoms with van der Waals surface area (Å²) in [5, 5.41) is 21.5. The van der Waals surface area contributed by atoms with Gasteiger partial charge in [-0.2, -0.15) is 0 Å². The standard InChI is InChI=1S/C29H52NO5P.C4H10.CH4O/c1-19(18-36(33,34)35)8-11-26(32)30-16-13-20(2)22-9-10-23-27-24(12-15-29(22,23)4)28(3)14-6-5-7-21(28)17-25(27)31;1-3-4-2;1-2/h19-25,27,31H,5-18H2,1-4H3,(H,30,32)(H2,33,34,35);3-4H2,1-2H3;2H,1H3/t19?,20-,21?,22?,23?,24?,25?,27?,28?,29?;;/m1../s1. The van der Waals surface area contributed by atoms with Crippen LogP contribution in [0.5, 0.6) is 0 Å². The third kappa shape index (κ3) is 9.28. The van der Waals surface area contributed by atoms with Crippen LogP contribution in [0, 0.1) is 52.3 Å². The number of amides is 1. The van der Waals surface area contributed by atoms with Gasteiger partial charge in [0.25, 0.3) is 0 Å². The summed E-state index contributed by atoms with van der Waals surface area (Å²) >= 11 is 0. The average Bonchev–Trinajstić information content (AvgIpc) is 3.29. The molecule has 9 unspecified atom stereocenters. The summed E-state index contributed by atoms with van der Waals surface area (Å²) < 4.78 is 11.1. The number of rotatable bonds is 10. The highest BCUT2D eigenvalue weighted by Crippen LogP contribution is 2.68. The zero-order chi connectivity index (χ0) is 31.7. The maximum absolute atomic E-state index is 12.3. The number of hydrogen-bond donors (Lipinski definition) is 5. The second kappa shape index (κ2) is 16.7. The topological polar surface area (TPSA) is 127 Å². The van der Waals surface area contributed by atoms with Crippen molar-refractivity contribution in [3.8, 4) is 0 Å². The Morgan fingerprint density at radius 1 is 0.929 bits per heavy atom. The van der Waals surface area contributed by atoms with Gasteiger partial charge in [0, 0.05) is 20.1 Å². The Morgan fingerprint density at radius 2 is 1.57 bits per heavy atom. The number of hydrogen-bond acceptors (Lipinski definition) is 4. The van der Waals surface area contributed by atoms with Gasteiger partial charge < -0.3 is 25.3 Å². The van der Waals surface area contributed by atoms with Crippen LogP contribution in [0.4, 0.5) is 0 Å². The van der Waals surface area contributed by atoms with Gasteiger partial charge in [0.05, 0.1) is 12.3 Å². The number of carbonyl (C=O) groups excluding carboxylic acids is 1. The van der Waals surface area contributed by atoms with Crippen LogP contribution >= 0.6 is 7.60 Å². The fourth-order valence-corrected chi connectivity index (χ4v) is 10.8. The first-order chi connectivity index (χ1) is 19.8. The third-order valence-corrected chi connectivity index (χ3v) is 13.3. The van der Waals surface area contributed by atoms with Crippen LogP contribution in [0.25, 0.3) is 0 Å².